The molecule has 0 aliphatic carbocycles. The van der Waals surface area contributed by atoms with Crippen LogP contribution in [0.5, 0.6) is 0 Å². The lowest BCUT2D eigenvalue weighted by Gasteiger charge is -2.06. The van der Waals surface area contributed by atoms with Crippen molar-refractivity contribution in [2.24, 2.45) is 7.05 Å². The van der Waals surface area contributed by atoms with E-state index in [1.165, 1.54) is 24.3 Å². The summed E-state index contributed by atoms with van der Waals surface area (Å²) in [5.74, 6) is -1.25. The first-order valence-electron chi connectivity index (χ1n) is 6.50. The van der Waals surface area contributed by atoms with Gasteiger partial charge >= 0.3 is 5.97 Å². The van der Waals surface area contributed by atoms with Crippen LogP contribution in [0, 0.1) is 13.8 Å². The Hall–Kier alpha value is -2.63. The Morgan fingerprint density at radius 2 is 1.76 bits per heavy atom. The van der Waals surface area contributed by atoms with Crippen molar-refractivity contribution in [3.8, 4) is 0 Å². The fourth-order valence-corrected chi connectivity index (χ4v) is 2.11. The number of amides is 1. The highest BCUT2D eigenvalue weighted by Crippen LogP contribution is 2.12. The summed E-state index contributed by atoms with van der Waals surface area (Å²) in [5.41, 5.74) is 3.48. The van der Waals surface area contributed by atoms with Crippen molar-refractivity contribution in [2.75, 3.05) is 0 Å². The van der Waals surface area contributed by atoms with Crippen LogP contribution in [0.4, 0.5) is 0 Å². The molecule has 1 aromatic carbocycles. The van der Waals surface area contributed by atoms with Crippen LogP contribution in [0.1, 0.15) is 37.7 Å². The number of nitrogens with one attached hydrogen (secondary N) is 1. The normalized spacial score (nSPS) is 10.4. The quantitative estimate of drug-likeness (QED) is 0.895. The fourth-order valence-electron chi connectivity index (χ4n) is 2.11. The molecule has 0 spiro atoms. The van der Waals surface area contributed by atoms with Crippen molar-refractivity contribution in [2.45, 2.75) is 20.4 Å². The first-order chi connectivity index (χ1) is 9.90. The molecule has 0 aliphatic heterocycles. The number of aryl methyl sites for hydroxylation is 2. The third-order valence-corrected chi connectivity index (χ3v) is 3.48. The lowest BCUT2D eigenvalue weighted by molar-refractivity contribution is 0.0696. The van der Waals surface area contributed by atoms with Crippen molar-refractivity contribution in [1.29, 1.82) is 0 Å². The predicted molar refractivity (Wildman–Crippen MR) is 77.3 cm³/mol. The number of rotatable bonds is 4. The Morgan fingerprint density at radius 3 is 2.24 bits per heavy atom. The molecule has 0 bridgehead atoms. The van der Waals surface area contributed by atoms with E-state index >= 15 is 0 Å². The molecule has 0 unspecified atom stereocenters. The van der Waals surface area contributed by atoms with Crippen LogP contribution in [0.2, 0.25) is 0 Å². The van der Waals surface area contributed by atoms with Gasteiger partial charge in [-0.3, -0.25) is 9.48 Å². The average molecular weight is 287 g/mol. The smallest absolute Gasteiger partial charge is 0.335 e. The number of carbonyl (C=O) groups is 2. The minimum Gasteiger partial charge on any atom is -0.478 e. The van der Waals surface area contributed by atoms with Gasteiger partial charge < -0.3 is 10.4 Å². The average Bonchev–Trinajstić information content (AvgIpc) is 2.70. The molecule has 110 valence electrons. The van der Waals surface area contributed by atoms with E-state index in [-0.39, 0.29) is 11.5 Å². The summed E-state index contributed by atoms with van der Waals surface area (Å²) in [6, 6.07) is 5.83. The zero-order chi connectivity index (χ0) is 15.6. The molecule has 21 heavy (non-hydrogen) atoms. The summed E-state index contributed by atoms with van der Waals surface area (Å²) in [7, 11) is 1.86. The second-order valence-electron chi connectivity index (χ2n) is 4.84. The maximum absolute atomic E-state index is 12.0. The van der Waals surface area contributed by atoms with Gasteiger partial charge in [-0.2, -0.15) is 5.10 Å². The number of carboxylic acid groups (broad SMARTS) is 1. The summed E-state index contributed by atoms with van der Waals surface area (Å²) in [5, 5.41) is 15.9. The van der Waals surface area contributed by atoms with Crippen molar-refractivity contribution in [1.82, 2.24) is 15.1 Å². The van der Waals surface area contributed by atoms with Crippen LogP contribution in [0.3, 0.4) is 0 Å². The number of carboxylic acids is 1. The zero-order valence-electron chi connectivity index (χ0n) is 12.2. The van der Waals surface area contributed by atoms with Gasteiger partial charge in [0.25, 0.3) is 5.91 Å². The molecule has 2 aromatic rings. The number of aromatic nitrogens is 2. The van der Waals surface area contributed by atoms with Crippen LogP contribution >= 0.6 is 0 Å². The second kappa shape index (κ2) is 5.78. The number of benzene rings is 1. The van der Waals surface area contributed by atoms with Gasteiger partial charge in [-0.15, -0.1) is 0 Å². The SMILES string of the molecule is Cc1nn(C)c(C)c1CNC(=O)c1ccc(C(=O)O)cc1. The maximum atomic E-state index is 12.0. The van der Waals surface area contributed by atoms with Gasteiger partial charge in [0, 0.05) is 30.4 Å². The van der Waals surface area contributed by atoms with E-state index in [1.807, 2.05) is 20.9 Å². The molecule has 2 N–H and O–H groups in total. The Kier molecular flexibility index (Phi) is 4.07. The molecule has 0 atom stereocenters. The lowest BCUT2D eigenvalue weighted by atomic mass is 10.1. The minimum atomic E-state index is -1.01. The van der Waals surface area contributed by atoms with Crippen molar-refractivity contribution < 1.29 is 14.7 Å². The van der Waals surface area contributed by atoms with E-state index in [9.17, 15) is 9.59 Å². The number of hydrogen-bond donors (Lipinski definition) is 2. The van der Waals surface area contributed by atoms with Gasteiger partial charge in [-0.1, -0.05) is 0 Å². The summed E-state index contributed by atoms with van der Waals surface area (Å²) >= 11 is 0. The van der Waals surface area contributed by atoms with E-state index in [0.29, 0.717) is 12.1 Å². The molecule has 0 fully saturated rings. The van der Waals surface area contributed by atoms with Gasteiger partial charge in [-0.25, -0.2) is 4.79 Å². The topological polar surface area (TPSA) is 84.2 Å². The Labute approximate surface area is 122 Å². The number of carbonyl (C=O) groups excluding carboxylic acids is 1. The molecule has 0 radical (unpaired) electrons. The molecule has 6 nitrogen and oxygen atoms in total. The lowest BCUT2D eigenvalue weighted by Crippen LogP contribution is -2.23. The van der Waals surface area contributed by atoms with Crippen LogP contribution in [0.15, 0.2) is 24.3 Å². The Morgan fingerprint density at radius 1 is 1.19 bits per heavy atom. The Bertz CT molecular complexity index is 687. The summed E-state index contributed by atoms with van der Waals surface area (Å²) in [6.07, 6.45) is 0. The molecule has 0 aliphatic rings. The zero-order valence-corrected chi connectivity index (χ0v) is 12.2. The predicted octanol–water partition coefficient (Wildman–Crippen LogP) is 1.67. The first kappa shape index (κ1) is 14.8. The van der Waals surface area contributed by atoms with E-state index in [2.05, 4.69) is 10.4 Å². The van der Waals surface area contributed by atoms with E-state index < -0.39 is 5.97 Å². The number of aromatic carboxylic acids is 1. The standard InChI is InChI=1S/C15H17N3O3/c1-9-13(10(2)18(3)17-9)8-16-14(19)11-4-6-12(7-5-11)15(20)21/h4-7H,8H2,1-3H3,(H,16,19)(H,20,21). The first-order valence-corrected chi connectivity index (χ1v) is 6.50. The highest BCUT2D eigenvalue weighted by molar-refractivity contribution is 5.95. The molecule has 1 aromatic heterocycles. The van der Waals surface area contributed by atoms with E-state index in [0.717, 1.165) is 17.0 Å². The number of hydrogen-bond acceptors (Lipinski definition) is 3. The summed E-state index contributed by atoms with van der Waals surface area (Å²) < 4.78 is 1.78. The largest absolute Gasteiger partial charge is 0.478 e. The summed E-state index contributed by atoms with van der Waals surface area (Å²) in [6.45, 7) is 4.24. The molecule has 0 saturated carbocycles. The highest BCUT2D eigenvalue weighted by Gasteiger charge is 2.12. The fraction of sp³-hybridized carbons (Fsp3) is 0.267. The van der Waals surface area contributed by atoms with E-state index in [4.69, 9.17) is 5.11 Å². The molecule has 2 rings (SSSR count). The van der Waals surface area contributed by atoms with Crippen molar-refractivity contribution in [3.63, 3.8) is 0 Å². The molecule has 1 amide bonds. The van der Waals surface area contributed by atoms with Crippen LogP contribution < -0.4 is 5.32 Å². The highest BCUT2D eigenvalue weighted by atomic mass is 16.4. The molecule has 6 heteroatoms. The van der Waals surface area contributed by atoms with Crippen LogP contribution in [-0.2, 0) is 13.6 Å². The molecular formula is C15H17N3O3. The van der Waals surface area contributed by atoms with Gasteiger partial charge in [0.05, 0.1) is 11.3 Å². The summed E-state index contributed by atoms with van der Waals surface area (Å²) in [4.78, 5) is 22.8. The van der Waals surface area contributed by atoms with Crippen molar-refractivity contribution >= 4 is 11.9 Å². The monoisotopic (exact) mass is 287 g/mol. The number of nitrogens with zero attached hydrogens (tertiary/aromatic N) is 2. The van der Waals surface area contributed by atoms with E-state index in [1.54, 1.807) is 4.68 Å². The van der Waals surface area contributed by atoms with Gasteiger partial charge in [0.15, 0.2) is 0 Å². The van der Waals surface area contributed by atoms with Gasteiger partial charge in [0.1, 0.15) is 0 Å². The Balaban J connectivity index is 2.06. The molecular weight excluding hydrogens is 270 g/mol. The second-order valence-corrected chi connectivity index (χ2v) is 4.84. The van der Waals surface area contributed by atoms with Gasteiger partial charge in [0.2, 0.25) is 0 Å². The molecule has 1 heterocycles. The van der Waals surface area contributed by atoms with Crippen LogP contribution in [-0.4, -0.2) is 26.8 Å². The van der Waals surface area contributed by atoms with Crippen molar-refractivity contribution in [3.05, 3.63) is 52.3 Å². The maximum Gasteiger partial charge on any atom is 0.335 e. The molecule has 0 saturated heterocycles. The third-order valence-electron chi connectivity index (χ3n) is 3.48. The van der Waals surface area contributed by atoms with Gasteiger partial charge in [-0.05, 0) is 38.1 Å². The van der Waals surface area contributed by atoms with Crippen LogP contribution in [0.25, 0.3) is 0 Å². The minimum absolute atomic E-state index is 0.158. The third kappa shape index (κ3) is 3.10.